The molecule has 15 heavy (non-hydrogen) atoms. The SMILES string of the molecule is Cc1cn2cccc(OCCCN)c2n1. The molecular formula is C11H15N3O. The topological polar surface area (TPSA) is 52.5 Å². The van der Waals surface area contributed by atoms with Gasteiger partial charge < -0.3 is 14.9 Å². The Labute approximate surface area is 88.7 Å². The molecule has 2 N–H and O–H groups in total. The molecule has 4 heteroatoms. The molecule has 80 valence electrons. The van der Waals surface area contributed by atoms with Crippen LogP contribution in [-0.4, -0.2) is 22.5 Å². The van der Waals surface area contributed by atoms with E-state index < -0.39 is 0 Å². The number of hydrogen-bond acceptors (Lipinski definition) is 3. The van der Waals surface area contributed by atoms with Crippen molar-refractivity contribution in [3.63, 3.8) is 0 Å². The molecule has 0 unspecified atom stereocenters. The average Bonchev–Trinajstić information content (AvgIpc) is 2.59. The summed E-state index contributed by atoms with van der Waals surface area (Å²) in [6.07, 6.45) is 4.80. The second kappa shape index (κ2) is 4.31. The van der Waals surface area contributed by atoms with Crippen LogP contribution in [0, 0.1) is 6.92 Å². The van der Waals surface area contributed by atoms with Crippen LogP contribution in [0.15, 0.2) is 24.5 Å². The second-order valence-corrected chi connectivity index (χ2v) is 3.48. The molecule has 0 aliphatic carbocycles. The minimum absolute atomic E-state index is 0.641. The molecule has 2 rings (SSSR count). The first-order chi connectivity index (χ1) is 7.31. The summed E-state index contributed by atoms with van der Waals surface area (Å²) in [6.45, 7) is 3.26. The van der Waals surface area contributed by atoms with Gasteiger partial charge >= 0.3 is 0 Å². The van der Waals surface area contributed by atoms with Crippen molar-refractivity contribution >= 4 is 5.65 Å². The number of fused-ring (bicyclic) bond motifs is 1. The van der Waals surface area contributed by atoms with Gasteiger partial charge in [-0.2, -0.15) is 0 Å². The first-order valence-electron chi connectivity index (χ1n) is 5.08. The highest BCUT2D eigenvalue weighted by Gasteiger charge is 2.04. The number of nitrogens with two attached hydrogens (primary N) is 1. The number of imidazole rings is 1. The van der Waals surface area contributed by atoms with Crippen molar-refractivity contribution in [2.24, 2.45) is 5.73 Å². The van der Waals surface area contributed by atoms with Gasteiger partial charge in [0.1, 0.15) is 0 Å². The minimum Gasteiger partial charge on any atom is -0.490 e. The first kappa shape index (κ1) is 9.98. The van der Waals surface area contributed by atoms with Crippen LogP contribution in [0.2, 0.25) is 0 Å². The Hall–Kier alpha value is -1.55. The maximum atomic E-state index is 5.61. The number of ether oxygens (including phenoxy) is 1. The Morgan fingerprint density at radius 3 is 3.20 bits per heavy atom. The van der Waals surface area contributed by atoms with Crippen molar-refractivity contribution in [2.75, 3.05) is 13.2 Å². The maximum Gasteiger partial charge on any atom is 0.179 e. The highest BCUT2D eigenvalue weighted by molar-refractivity contribution is 5.54. The van der Waals surface area contributed by atoms with Crippen molar-refractivity contribution in [3.8, 4) is 5.75 Å². The summed E-state index contributed by atoms with van der Waals surface area (Å²) < 4.78 is 7.58. The first-order valence-corrected chi connectivity index (χ1v) is 5.08. The summed E-state index contributed by atoms with van der Waals surface area (Å²) in [5, 5.41) is 0. The summed E-state index contributed by atoms with van der Waals surface area (Å²) in [5.74, 6) is 0.819. The van der Waals surface area contributed by atoms with Gasteiger partial charge in [-0.25, -0.2) is 4.98 Å². The predicted molar refractivity (Wildman–Crippen MR) is 59.1 cm³/mol. The van der Waals surface area contributed by atoms with Gasteiger partial charge in [0, 0.05) is 12.4 Å². The van der Waals surface area contributed by atoms with Crippen LogP contribution in [-0.2, 0) is 0 Å². The van der Waals surface area contributed by atoms with Crippen LogP contribution >= 0.6 is 0 Å². The fourth-order valence-electron chi connectivity index (χ4n) is 1.49. The van der Waals surface area contributed by atoms with Gasteiger partial charge in [-0.1, -0.05) is 0 Å². The van der Waals surface area contributed by atoms with E-state index in [2.05, 4.69) is 4.98 Å². The number of hydrogen-bond donors (Lipinski definition) is 1. The lowest BCUT2D eigenvalue weighted by Gasteiger charge is -2.05. The molecule has 0 aliphatic heterocycles. The van der Waals surface area contributed by atoms with E-state index in [9.17, 15) is 0 Å². The van der Waals surface area contributed by atoms with E-state index in [1.54, 1.807) is 0 Å². The average molecular weight is 205 g/mol. The number of aryl methyl sites for hydroxylation is 1. The lowest BCUT2D eigenvalue weighted by molar-refractivity contribution is 0.315. The van der Waals surface area contributed by atoms with Gasteiger partial charge in [-0.3, -0.25) is 0 Å². The fourth-order valence-corrected chi connectivity index (χ4v) is 1.49. The molecule has 0 fully saturated rings. The molecule has 0 saturated carbocycles. The Kier molecular flexibility index (Phi) is 2.87. The normalized spacial score (nSPS) is 10.8. The Balaban J connectivity index is 2.25. The third-order valence-corrected chi connectivity index (χ3v) is 2.17. The van der Waals surface area contributed by atoms with Crippen LogP contribution < -0.4 is 10.5 Å². The van der Waals surface area contributed by atoms with Crippen LogP contribution in [0.25, 0.3) is 5.65 Å². The van der Waals surface area contributed by atoms with Crippen molar-refractivity contribution in [1.29, 1.82) is 0 Å². The lowest BCUT2D eigenvalue weighted by Crippen LogP contribution is -2.06. The zero-order valence-electron chi connectivity index (χ0n) is 8.81. The van der Waals surface area contributed by atoms with E-state index in [0.717, 1.165) is 23.5 Å². The molecule has 0 saturated heterocycles. The number of pyridine rings is 1. The monoisotopic (exact) mass is 205 g/mol. The van der Waals surface area contributed by atoms with Crippen molar-refractivity contribution in [3.05, 3.63) is 30.2 Å². The molecule has 0 atom stereocenters. The molecule has 2 heterocycles. The Morgan fingerprint density at radius 1 is 1.53 bits per heavy atom. The molecular weight excluding hydrogens is 190 g/mol. The number of rotatable bonds is 4. The minimum atomic E-state index is 0.641. The van der Waals surface area contributed by atoms with E-state index >= 15 is 0 Å². The van der Waals surface area contributed by atoms with Crippen molar-refractivity contribution in [2.45, 2.75) is 13.3 Å². The highest BCUT2D eigenvalue weighted by Crippen LogP contribution is 2.18. The van der Waals surface area contributed by atoms with Gasteiger partial charge in [-0.05, 0) is 32.0 Å². The molecule has 0 aliphatic rings. The molecule has 4 nitrogen and oxygen atoms in total. The van der Waals surface area contributed by atoms with Gasteiger partial charge in [0.05, 0.1) is 12.3 Å². The van der Waals surface area contributed by atoms with Gasteiger partial charge in [-0.15, -0.1) is 0 Å². The summed E-state index contributed by atoms with van der Waals surface area (Å²) in [5.41, 5.74) is 7.27. The maximum absolute atomic E-state index is 5.61. The lowest BCUT2D eigenvalue weighted by atomic mass is 10.4. The molecule has 0 radical (unpaired) electrons. The molecule has 2 aromatic heterocycles. The van der Waals surface area contributed by atoms with Crippen LogP contribution in [0.4, 0.5) is 0 Å². The van der Waals surface area contributed by atoms with E-state index in [4.69, 9.17) is 10.5 Å². The molecule has 2 aromatic rings. The standard InChI is InChI=1S/C11H15N3O/c1-9-8-14-6-2-4-10(11(14)13-9)15-7-3-5-12/h2,4,6,8H,3,5,7,12H2,1H3. The molecule has 0 aromatic carbocycles. The summed E-state index contributed by atoms with van der Waals surface area (Å²) in [6, 6.07) is 3.88. The molecule has 0 amide bonds. The third-order valence-electron chi connectivity index (χ3n) is 2.17. The summed E-state index contributed by atoms with van der Waals surface area (Å²) in [7, 11) is 0. The smallest absolute Gasteiger partial charge is 0.179 e. The highest BCUT2D eigenvalue weighted by atomic mass is 16.5. The zero-order valence-corrected chi connectivity index (χ0v) is 8.81. The summed E-state index contributed by atoms with van der Waals surface area (Å²) in [4.78, 5) is 4.40. The van der Waals surface area contributed by atoms with E-state index in [-0.39, 0.29) is 0 Å². The van der Waals surface area contributed by atoms with Crippen molar-refractivity contribution < 1.29 is 4.74 Å². The summed E-state index contributed by atoms with van der Waals surface area (Å²) >= 11 is 0. The van der Waals surface area contributed by atoms with E-state index in [0.29, 0.717) is 13.2 Å². The number of nitrogens with zero attached hydrogens (tertiary/aromatic N) is 2. The molecule has 0 spiro atoms. The van der Waals surface area contributed by atoms with Gasteiger partial charge in [0.15, 0.2) is 11.4 Å². The fraction of sp³-hybridized carbons (Fsp3) is 0.364. The van der Waals surface area contributed by atoms with Crippen molar-refractivity contribution in [1.82, 2.24) is 9.38 Å². The predicted octanol–water partition coefficient (Wildman–Crippen LogP) is 1.37. The largest absolute Gasteiger partial charge is 0.490 e. The van der Waals surface area contributed by atoms with Gasteiger partial charge in [0.25, 0.3) is 0 Å². The third kappa shape index (κ3) is 2.10. The Bertz CT molecular complexity index is 450. The second-order valence-electron chi connectivity index (χ2n) is 3.48. The zero-order chi connectivity index (χ0) is 10.7. The van der Waals surface area contributed by atoms with Crippen LogP contribution in [0.1, 0.15) is 12.1 Å². The number of aromatic nitrogens is 2. The van der Waals surface area contributed by atoms with Crippen LogP contribution in [0.3, 0.4) is 0 Å². The van der Waals surface area contributed by atoms with Crippen LogP contribution in [0.5, 0.6) is 5.75 Å². The van der Waals surface area contributed by atoms with E-state index in [1.165, 1.54) is 0 Å². The van der Waals surface area contributed by atoms with Gasteiger partial charge in [0.2, 0.25) is 0 Å². The Morgan fingerprint density at radius 2 is 2.40 bits per heavy atom. The molecule has 0 bridgehead atoms. The van der Waals surface area contributed by atoms with E-state index in [1.807, 2.05) is 35.9 Å². The quantitative estimate of drug-likeness (QED) is 0.767.